The molecule has 1 spiro atoms. The topological polar surface area (TPSA) is 76.2 Å². The number of para-hydroxylation sites is 1. The molecule has 5 aliphatic rings. The molecule has 29 heavy (non-hydrogen) atoms. The molecular weight excluding hydrogens is 372 g/mol. The number of carbonyl (C=O) groups is 3. The molecule has 1 aliphatic carbocycles. The van der Waals surface area contributed by atoms with Gasteiger partial charge in [-0.05, 0) is 24.3 Å². The van der Waals surface area contributed by atoms with Gasteiger partial charge < -0.3 is 19.3 Å². The molecule has 6 rings (SSSR count). The number of benzene rings is 1. The Labute approximate surface area is 168 Å². The number of hydrogen-bond acceptors (Lipinski definition) is 6. The van der Waals surface area contributed by atoms with Crippen LogP contribution in [0.5, 0.6) is 0 Å². The predicted molar refractivity (Wildman–Crippen MR) is 102 cm³/mol. The van der Waals surface area contributed by atoms with Gasteiger partial charge in [-0.25, -0.2) is 0 Å². The predicted octanol–water partition coefficient (Wildman–Crippen LogP) is 1.45. The van der Waals surface area contributed by atoms with Crippen molar-refractivity contribution < 1.29 is 23.9 Å². The third-order valence-corrected chi connectivity index (χ3v) is 8.33. The minimum Gasteiger partial charge on any atom is -0.469 e. The quantitative estimate of drug-likeness (QED) is 0.705. The number of hydrogen-bond donors (Lipinski definition) is 0. The molecule has 4 aliphatic heterocycles. The minimum atomic E-state index is -1.10. The number of rotatable bonds is 2. The third kappa shape index (κ3) is 1.67. The first-order valence-electron chi connectivity index (χ1n) is 10.5. The molecule has 1 aromatic rings. The summed E-state index contributed by atoms with van der Waals surface area (Å²) in [6, 6.07) is 7.65. The van der Waals surface area contributed by atoms with E-state index in [-0.39, 0.29) is 48.7 Å². The Bertz CT molecular complexity index is 962. The molecule has 4 heterocycles. The molecule has 0 unspecified atom stereocenters. The maximum atomic E-state index is 13.3. The van der Waals surface area contributed by atoms with Gasteiger partial charge in [-0.15, -0.1) is 0 Å². The molecule has 1 amide bonds. The molecule has 1 saturated carbocycles. The molecule has 1 aromatic carbocycles. The zero-order valence-corrected chi connectivity index (χ0v) is 16.6. The number of ether oxygens (including phenoxy) is 2. The molecular formula is C22H24N2O5. The van der Waals surface area contributed by atoms with Gasteiger partial charge in [0.1, 0.15) is 11.5 Å². The summed E-state index contributed by atoms with van der Waals surface area (Å²) in [6.07, 6.45) is 1.75. The maximum absolute atomic E-state index is 13.3. The SMILES string of the molecule is CC[C@H]1CN2C(=O)CN3c4ccccc4[C@]45OC(=O)C[C@]34[C@H]2C[C@H]1[C@H]5C(=O)OC. The summed E-state index contributed by atoms with van der Waals surface area (Å²) in [6.45, 7) is 2.94. The molecule has 7 heteroatoms. The smallest absolute Gasteiger partial charge is 0.313 e. The molecule has 0 aromatic heterocycles. The molecule has 0 N–H and O–H groups in total. The number of methoxy groups -OCH3 is 1. The van der Waals surface area contributed by atoms with Crippen molar-refractivity contribution in [3.8, 4) is 0 Å². The molecule has 152 valence electrons. The van der Waals surface area contributed by atoms with E-state index >= 15 is 0 Å². The fourth-order valence-corrected chi connectivity index (χ4v) is 7.41. The minimum absolute atomic E-state index is 0.00614. The normalized spacial score (nSPS) is 41.0. The number of esters is 2. The van der Waals surface area contributed by atoms with Crippen LogP contribution in [0.25, 0.3) is 0 Å². The maximum Gasteiger partial charge on any atom is 0.313 e. The van der Waals surface area contributed by atoms with Gasteiger partial charge in [0.05, 0.1) is 26.1 Å². The van der Waals surface area contributed by atoms with E-state index in [2.05, 4.69) is 11.8 Å². The van der Waals surface area contributed by atoms with Crippen LogP contribution >= 0.6 is 0 Å². The number of piperidine rings is 1. The van der Waals surface area contributed by atoms with Crippen LogP contribution in [0.2, 0.25) is 0 Å². The Morgan fingerprint density at radius 3 is 2.86 bits per heavy atom. The molecule has 3 saturated heterocycles. The number of fused-ring (bicyclic) bond motifs is 3. The van der Waals surface area contributed by atoms with Crippen LogP contribution < -0.4 is 4.90 Å². The number of amides is 1. The summed E-state index contributed by atoms with van der Waals surface area (Å²) < 4.78 is 11.5. The summed E-state index contributed by atoms with van der Waals surface area (Å²) >= 11 is 0. The monoisotopic (exact) mass is 396 g/mol. The van der Waals surface area contributed by atoms with Gasteiger partial charge >= 0.3 is 11.9 Å². The van der Waals surface area contributed by atoms with Gasteiger partial charge in [0.25, 0.3) is 0 Å². The van der Waals surface area contributed by atoms with Crippen LogP contribution in [0, 0.1) is 17.8 Å². The van der Waals surface area contributed by atoms with Crippen molar-refractivity contribution in [2.24, 2.45) is 17.8 Å². The van der Waals surface area contributed by atoms with Crippen LogP contribution in [-0.2, 0) is 29.5 Å². The lowest BCUT2D eigenvalue weighted by Crippen LogP contribution is -2.80. The average molecular weight is 396 g/mol. The van der Waals surface area contributed by atoms with Crippen LogP contribution in [0.3, 0.4) is 0 Å². The number of carbonyl (C=O) groups excluding carboxylic acids is 3. The van der Waals surface area contributed by atoms with Crippen molar-refractivity contribution >= 4 is 23.5 Å². The highest BCUT2D eigenvalue weighted by molar-refractivity contribution is 5.93. The van der Waals surface area contributed by atoms with E-state index in [0.717, 1.165) is 17.7 Å². The molecule has 4 fully saturated rings. The highest BCUT2D eigenvalue weighted by Crippen LogP contribution is 2.70. The fraction of sp³-hybridized carbons (Fsp3) is 0.591. The Morgan fingerprint density at radius 2 is 2.10 bits per heavy atom. The van der Waals surface area contributed by atoms with Crippen molar-refractivity contribution in [2.75, 3.05) is 25.1 Å². The van der Waals surface area contributed by atoms with Crippen molar-refractivity contribution in [2.45, 2.75) is 43.4 Å². The van der Waals surface area contributed by atoms with Gasteiger partial charge in [0.2, 0.25) is 5.91 Å². The van der Waals surface area contributed by atoms with E-state index in [1.165, 1.54) is 7.11 Å². The van der Waals surface area contributed by atoms with Gasteiger partial charge in [-0.1, -0.05) is 31.5 Å². The zero-order valence-electron chi connectivity index (χ0n) is 16.6. The summed E-state index contributed by atoms with van der Waals surface area (Å²) in [5, 5.41) is 0. The molecule has 7 nitrogen and oxygen atoms in total. The van der Waals surface area contributed by atoms with E-state index in [0.29, 0.717) is 13.0 Å². The van der Waals surface area contributed by atoms with Gasteiger partial charge in [-0.2, -0.15) is 0 Å². The lowest BCUT2D eigenvalue weighted by Gasteiger charge is -2.65. The summed E-state index contributed by atoms with van der Waals surface area (Å²) in [4.78, 5) is 43.4. The summed E-state index contributed by atoms with van der Waals surface area (Å²) in [7, 11) is 1.41. The van der Waals surface area contributed by atoms with Crippen molar-refractivity contribution in [1.82, 2.24) is 4.90 Å². The summed E-state index contributed by atoms with van der Waals surface area (Å²) in [5.41, 5.74) is -0.0889. The number of nitrogens with zero attached hydrogens (tertiary/aromatic N) is 2. The number of piperazine rings is 1. The largest absolute Gasteiger partial charge is 0.469 e. The first-order valence-corrected chi connectivity index (χ1v) is 10.5. The summed E-state index contributed by atoms with van der Waals surface area (Å²) in [5.74, 6) is -0.908. The van der Waals surface area contributed by atoms with Crippen molar-refractivity contribution in [1.29, 1.82) is 0 Å². The van der Waals surface area contributed by atoms with E-state index in [1.54, 1.807) is 0 Å². The van der Waals surface area contributed by atoms with E-state index in [1.807, 2.05) is 29.2 Å². The van der Waals surface area contributed by atoms with Crippen LogP contribution in [0.4, 0.5) is 5.69 Å². The second-order valence-corrected chi connectivity index (χ2v) is 9.04. The lowest BCUT2D eigenvalue weighted by atomic mass is 9.51. The average Bonchev–Trinajstić information content (AvgIpc) is 3.15. The van der Waals surface area contributed by atoms with E-state index in [4.69, 9.17) is 9.47 Å². The lowest BCUT2D eigenvalue weighted by molar-refractivity contribution is -0.206. The van der Waals surface area contributed by atoms with Crippen molar-refractivity contribution in [3.63, 3.8) is 0 Å². The van der Waals surface area contributed by atoms with Crippen LogP contribution in [-0.4, -0.2) is 54.5 Å². The molecule has 6 atom stereocenters. The first kappa shape index (κ1) is 17.3. The fourth-order valence-electron chi connectivity index (χ4n) is 7.41. The molecule has 0 radical (unpaired) electrons. The standard InChI is InChI=1S/C22H24N2O5/c1-3-12-10-23-16-8-13(12)19(20(27)28-2)22-14-6-4-5-7-15(14)24(11-17(23)25)21(16,22)9-18(26)29-22/h4-7,12-13,16,19H,3,8-11H2,1-2H3/t12-,13+,16+,19-,21+,22+/m0/s1. The Hall–Kier alpha value is -2.57. The zero-order chi connectivity index (χ0) is 20.1. The Kier molecular flexibility index (Phi) is 3.17. The Balaban J connectivity index is 1.70. The number of anilines is 1. The highest BCUT2D eigenvalue weighted by Gasteiger charge is 2.82. The van der Waals surface area contributed by atoms with Gasteiger partial charge in [0, 0.05) is 17.8 Å². The van der Waals surface area contributed by atoms with E-state index < -0.39 is 17.1 Å². The second-order valence-electron chi connectivity index (χ2n) is 9.04. The van der Waals surface area contributed by atoms with Crippen LogP contribution in [0.1, 0.15) is 31.7 Å². The first-order chi connectivity index (χ1) is 14.0. The second kappa shape index (κ2) is 5.32. The Morgan fingerprint density at radius 1 is 1.31 bits per heavy atom. The van der Waals surface area contributed by atoms with E-state index in [9.17, 15) is 14.4 Å². The third-order valence-electron chi connectivity index (χ3n) is 8.33. The van der Waals surface area contributed by atoms with Gasteiger partial charge in [0.15, 0.2) is 5.60 Å². The van der Waals surface area contributed by atoms with Gasteiger partial charge in [-0.3, -0.25) is 14.4 Å². The van der Waals surface area contributed by atoms with Crippen molar-refractivity contribution in [3.05, 3.63) is 29.8 Å². The highest BCUT2D eigenvalue weighted by atomic mass is 16.6. The molecule has 2 bridgehead atoms. The van der Waals surface area contributed by atoms with Crippen LogP contribution in [0.15, 0.2) is 24.3 Å².